The Labute approximate surface area is 148 Å². The highest BCUT2D eigenvalue weighted by atomic mass is 16.6. The SMILES string of the molecule is CCCc1nc2ccccc2c(=O)n1/N=C/c1cc([N+](=O)[O-])ccc1O. The molecule has 2 aromatic carbocycles. The zero-order chi connectivity index (χ0) is 18.7. The number of aryl methyl sites for hydroxylation is 1. The van der Waals surface area contributed by atoms with Gasteiger partial charge in [0.1, 0.15) is 11.6 Å². The van der Waals surface area contributed by atoms with E-state index in [9.17, 15) is 20.0 Å². The number of benzene rings is 2. The van der Waals surface area contributed by atoms with Crippen molar-refractivity contribution >= 4 is 22.8 Å². The van der Waals surface area contributed by atoms with Crippen LogP contribution in [0.15, 0.2) is 52.4 Å². The topological polar surface area (TPSA) is 111 Å². The van der Waals surface area contributed by atoms with Crippen LogP contribution in [0.3, 0.4) is 0 Å². The van der Waals surface area contributed by atoms with Gasteiger partial charge < -0.3 is 5.11 Å². The van der Waals surface area contributed by atoms with Gasteiger partial charge in [0.2, 0.25) is 0 Å². The number of nitro benzene ring substituents is 1. The van der Waals surface area contributed by atoms with Gasteiger partial charge in [-0.3, -0.25) is 14.9 Å². The van der Waals surface area contributed by atoms with Crippen LogP contribution in [-0.4, -0.2) is 25.9 Å². The lowest BCUT2D eigenvalue weighted by atomic mass is 10.2. The van der Waals surface area contributed by atoms with Gasteiger partial charge in [-0.1, -0.05) is 19.1 Å². The van der Waals surface area contributed by atoms with E-state index in [0.717, 1.165) is 6.42 Å². The van der Waals surface area contributed by atoms with Gasteiger partial charge in [-0.05, 0) is 24.6 Å². The molecule has 0 aliphatic rings. The van der Waals surface area contributed by atoms with Gasteiger partial charge in [0.05, 0.1) is 22.0 Å². The molecular weight excluding hydrogens is 336 g/mol. The number of nitro groups is 1. The number of aromatic nitrogens is 2. The maximum atomic E-state index is 12.7. The van der Waals surface area contributed by atoms with Gasteiger partial charge in [0.25, 0.3) is 11.2 Å². The molecule has 1 heterocycles. The summed E-state index contributed by atoms with van der Waals surface area (Å²) in [5.74, 6) is 0.315. The van der Waals surface area contributed by atoms with E-state index in [1.807, 2.05) is 6.92 Å². The predicted molar refractivity (Wildman–Crippen MR) is 97.8 cm³/mol. The molecule has 0 radical (unpaired) electrons. The molecule has 132 valence electrons. The molecule has 8 nitrogen and oxygen atoms in total. The Morgan fingerprint density at radius 3 is 2.81 bits per heavy atom. The summed E-state index contributed by atoms with van der Waals surface area (Å²) in [7, 11) is 0. The number of aromatic hydroxyl groups is 1. The molecule has 1 N–H and O–H groups in total. The summed E-state index contributed by atoms with van der Waals surface area (Å²) in [5, 5.41) is 25.3. The van der Waals surface area contributed by atoms with E-state index in [0.29, 0.717) is 23.1 Å². The Bertz CT molecular complexity index is 1070. The van der Waals surface area contributed by atoms with Crippen LogP contribution in [-0.2, 0) is 6.42 Å². The fourth-order valence-corrected chi connectivity index (χ4v) is 2.55. The van der Waals surface area contributed by atoms with E-state index in [4.69, 9.17) is 0 Å². The number of para-hydroxylation sites is 1. The lowest BCUT2D eigenvalue weighted by molar-refractivity contribution is -0.384. The summed E-state index contributed by atoms with van der Waals surface area (Å²) < 4.78 is 1.17. The molecule has 0 saturated carbocycles. The second-order valence-corrected chi connectivity index (χ2v) is 5.66. The van der Waals surface area contributed by atoms with Crippen LogP contribution in [0.5, 0.6) is 5.75 Å². The highest BCUT2D eigenvalue weighted by Gasteiger charge is 2.11. The number of non-ortho nitro benzene ring substituents is 1. The second kappa shape index (κ2) is 7.14. The third kappa shape index (κ3) is 3.30. The minimum atomic E-state index is -0.566. The lowest BCUT2D eigenvalue weighted by Gasteiger charge is -2.08. The van der Waals surface area contributed by atoms with Crippen LogP contribution in [0.2, 0.25) is 0 Å². The van der Waals surface area contributed by atoms with E-state index in [-0.39, 0.29) is 22.6 Å². The standard InChI is InChI=1S/C18H16N4O4/c1-2-5-17-20-15-7-4-3-6-14(15)18(24)21(17)19-11-12-10-13(22(25)26)8-9-16(12)23/h3-4,6-11,23H,2,5H2,1H3/b19-11+. The summed E-state index contributed by atoms with van der Waals surface area (Å²) in [6, 6.07) is 10.6. The molecule has 3 rings (SSSR count). The normalized spacial score (nSPS) is 11.3. The Balaban J connectivity index is 2.13. The first kappa shape index (κ1) is 17.3. The Morgan fingerprint density at radius 2 is 2.08 bits per heavy atom. The summed E-state index contributed by atoms with van der Waals surface area (Å²) in [4.78, 5) is 27.6. The summed E-state index contributed by atoms with van der Waals surface area (Å²) in [5.41, 5.74) is 0.217. The van der Waals surface area contributed by atoms with E-state index >= 15 is 0 Å². The van der Waals surface area contributed by atoms with Crippen molar-refractivity contribution in [2.24, 2.45) is 5.10 Å². The number of phenols is 1. The Kier molecular flexibility index (Phi) is 4.74. The van der Waals surface area contributed by atoms with Crippen molar-refractivity contribution < 1.29 is 10.0 Å². The first-order valence-corrected chi connectivity index (χ1v) is 8.03. The molecule has 0 aliphatic carbocycles. The number of phenolic OH excluding ortho intramolecular Hbond substituents is 1. The summed E-state index contributed by atoms with van der Waals surface area (Å²) >= 11 is 0. The fraction of sp³-hybridized carbons (Fsp3) is 0.167. The summed E-state index contributed by atoms with van der Waals surface area (Å²) in [6.45, 7) is 1.96. The average Bonchev–Trinajstić information content (AvgIpc) is 2.63. The van der Waals surface area contributed by atoms with Crippen molar-refractivity contribution in [3.05, 3.63) is 74.3 Å². The number of fused-ring (bicyclic) bond motifs is 1. The van der Waals surface area contributed by atoms with E-state index in [2.05, 4.69) is 10.1 Å². The minimum Gasteiger partial charge on any atom is -0.507 e. The van der Waals surface area contributed by atoms with Crippen LogP contribution in [0, 0.1) is 10.1 Å². The van der Waals surface area contributed by atoms with Crippen molar-refractivity contribution in [1.82, 2.24) is 9.66 Å². The number of hydrogen-bond donors (Lipinski definition) is 1. The van der Waals surface area contributed by atoms with Gasteiger partial charge in [-0.2, -0.15) is 9.78 Å². The Morgan fingerprint density at radius 1 is 1.31 bits per heavy atom. The molecule has 3 aromatic rings. The molecule has 0 spiro atoms. The largest absolute Gasteiger partial charge is 0.507 e. The van der Waals surface area contributed by atoms with Gasteiger partial charge >= 0.3 is 0 Å². The smallest absolute Gasteiger partial charge is 0.282 e. The molecule has 0 aliphatic heterocycles. The van der Waals surface area contributed by atoms with Crippen molar-refractivity contribution in [2.45, 2.75) is 19.8 Å². The summed E-state index contributed by atoms with van der Waals surface area (Å²) in [6.07, 6.45) is 2.53. The van der Waals surface area contributed by atoms with Crippen molar-refractivity contribution in [3.63, 3.8) is 0 Å². The first-order valence-electron chi connectivity index (χ1n) is 8.03. The maximum Gasteiger partial charge on any atom is 0.282 e. The minimum absolute atomic E-state index is 0.140. The molecule has 0 atom stereocenters. The number of hydrogen-bond acceptors (Lipinski definition) is 6. The van der Waals surface area contributed by atoms with E-state index in [1.165, 1.54) is 29.1 Å². The van der Waals surface area contributed by atoms with Crippen molar-refractivity contribution in [1.29, 1.82) is 0 Å². The van der Waals surface area contributed by atoms with Crippen LogP contribution in [0.4, 0.5) is 5.69 Å². The number of rotatable bonds is 5. The molecule has 26 heavy (non-hydrogen) atoms. The maximum absolute atomic E-state index is 12.7. The molecule has 1 aromatic heterocycles. The highest BCUT2D eigenvalue weighted by Crippen LogP contribution is 2.21. The monoisotopic (exact) mass is 352 g/mol. The second-order valence-electron chi connectivity index (χ2n) is 5.66. The van der Waals surface area contributed by atoms with Gasteiger partial charge in [0.15, 0.2) is 0 Å². The van der Waals surface area contributed by atoms with E-state index in [1.54, 1.807) is 24.3 Å². The van der Waals surface area contributed by atoms with Crippen LogP contribution < -0.4 is 5.56 Å². The van der Waals surface area contributed by atoms with E-state index < -0.39 is 4.92 Å². The zero-order valence-electron chi connectivity index (χ0n) is 14.0. The fourth-order valence-electron chi connectivity index (χ4n) is 2.55. The molecule has 0 fully saturated rings. The third-order valence-corrected chi connectivity index (χ3v) is 3.83. The van der Waals surface area contributed by atoms with Crippen LogP contribution in [0.25, 0.3) is 10.9 Å². The first-order chi connectivity index (χ1) is 12.5. The van der Waals surface area contributed by atoms with Gasteiger partial charge in [-0.25, -0.2) is 4.98 Å². The molecule has 0 unspecified atom stereocenters. The van der Waals surface area contributed by atoms with Crippen molar-refractivity contribution in [3.8, 4) is 5.75 Å². The third-order valence-electron chi connectivity index (χ3n) is 3.83. The zero-order valence-corrected chi connectivity index (χ0v) is 14.0. The predicted octanol–water partition coefficient (Wildman–Crippen LogP) is 2.85. The average molecular weight is 352 g/mol. The lowest BCUT2D eigenvalue weighted by Crippen LogP contribution is -2.22. The molecular formula is C18H16N4O4. The molecule has 0 saturated heterocycles. The number of nitrogens with zero attached hydrogens (tertiary/aromatic N) is 4. The van der Waals surface area contributed by atoms with Gasteiger partial charge in [-0.15, -0.1) is 0 Å². The quantitative estimate of drug-likeness (QED) is 0.431. The van der Waals surface area contributed by atoms with Crippen LogP contribution in [0.1, 0.15) is 24.7 Å². The van der Waals surface area contributed by atoms with Crippen LogP contribution >= 0.6 is 0 Å². The van der Waals surface area contributed by atoms with Crippen molar-refractivity contribution in [2.75, 3.05) is 0 Å². The molecule has 0 bridgehead atoms. The highest BCUT2D eigenvalue weighted by molar-refractivity contribution is 5.84. The molecule has 8 heteroatoms. The Hall–Kier alpha value is -3.55. The van der Waals surface area contributed by atoms with Gasteiger partial charge in [0, 0.05) is 24.1 Å². The molecule has 0 amide bonds.